The average molecular weight is 387 g/mol. The molecular formula is C15H13ClF2N4O2S. The third kappa shape index (κ3) is 5.44. The zero-order valence-corrected chi connectivity index (χ0v) is 14.4. The highest BCUT2D eigenvalue weighted by Crippen LogP contribution is 2.27. The van der Waals surface area contributed by atoms with Crippen LogP contribution in [0.2, 0.25) is 5.02 Å². The van der Waals surface area contributed by atoms with E-state index in [9.17, 15) is 13.6 Å². The highest BCUT2D eigenvalue weighted by molar-refractivity contribution is 7.80. The molecule has 2 aromatic rings. The number of benzene rings is 2. The quantitative estimate of drug-likeness (QED) is 0.478. The molecule has 0 aromatic heterocycles. The van der Waals surface area contributed by atoms with Gasteiger partial charge in [0.1, 0.15) is 17.4 Å². The summed E-state index contributed by atoms with van der Waals surface area (Å²) in [4.78, 5) is 11.9. The minimum Gasteiger partial charge on any atom is -0.495 e. The summed E-state index contributed by atoms with van der Waals surface area (Å²) >= 11 is 10.8. The fraction of sp³-hybridized carbons (Fsp3) is 0.0667. The van der Waals surface area contributed by atoms with Crippen LogP contribution < -0.4 is 26.2 Å². The summed E-state index contributed by atoms with van der Waals surface area (Å²) in [6.07, 6.45) is 0. The zero-order chi connectivity index (χ0) is 18.4. The van der Waals surface area contributed by atoms with Crippen molar-refractivity contribution in [3.05, 3.63) is 53.1 Å². The molecule has 0 atom stereocenters. The van der Waals surface area contributed by atoms with Crippen LogP contribution >= 0.6 is 23.8 Å². The molecule has 25 heavy (non-hydrogen) atoms. The summed E-state index contributed by atoms with van der Waals surface area (Å²) in [6, 6.07) is 6.99. The van der Waals surface area contributed by atoms with Gasteiger partial charge in [-0.2, -0.15) is 0 Å². The highest BCUT2D eigenvalue weighted by Gasteiger charge is 2.09. The number of ether oxygens (including phenoxy) is 1. The number of carbonyl (C=O) groups is 1. The van der Waals surface area contributed by atoms with E-state index in [4.69, 9.17) is 28.6 Å². The molecule has 2 amide bonds. The Morgan fingerprint density at radius 2 is 1.84 bits per heavy atom. The summed E-state index contributed by atoms with van der Waals surface area (Å²) in [7, 11) is 1.45. The second kappa shape index (κ2) is 8.45. The third-order valence-corrected chi connectivity index (χ3v) is 3.32. The summed E-state index contributed by atoms with van der Waals surface area (Å²) in [6.45, 7) is 0. The van der Waals surface area contributed by atoms with Crippen molar-refractivity contribution in [2.24, 2.45) is 0 Å². The van der Waals surface area contributed by atoms with Gasteiger partial charge in [-0.3, -0.25) is 5.43 Å². The first-order chi connectivity index (χ1) is 11.9. The number of urea groups is 1. The lowest BCUT2D eigenvalue weighted by Crippen LogP contribution is -2.45. The van der Waals surface area contributed by atoms with Crippen molar-refractivity contribution in [2.45, 2.75) is 0 Å². The van der Waals surface area contributed by atoms with Crippen LogP contribution in [0.3, 0.4) is 0 Å². The largest absolute Gasteiger partial charge is 0.495 e. The number of hydrazine groups is 1. The zero-order valence-electron chi connectivity index (χ0n) is 12.8. The SMILES string of the molecule is COc1ccc(Cl)cc1NC(=O)NNC(=S)Nc1ccc(F)cc1F. The molecular weight excluding hydrogens is 374 g/mol. The molecule has 6 nitrogen and oxygen atoms in total. The number of carbonyl (C=O) groups excluding carboxylic acids is 1. The Balaban J connectivity index is 1.89. The molecule has 0 aliphatic rings. The van der Waals surface area contributed by atoms with Crippen molar-refractivity contribution in [2.75, 3.05) is 17.7 Å². The van der Waals surface area contributed by atoms with E-state index in [1.807, 2.05) is 0 Å². The van der Waals surface area contributed by atoms with E-state index in [1.54, 1.807) is 12.1 Å². The van der Waals surface area contributed by atoms with Gasteiger partial charge in [-0.1, -0.05) is 11.6 Å². The number of rotatable bonds is 3. The van der Waals surface area contributed by atoms with Crippen molar-refractivity contribution in [1.82, 2.24) is 10.9 Å². The summed E-state index contributed by atoms with van der Waals surface area (Å²) in [5, 5.41) is 5.30. The number of hydrogen-bond donors (Lipinski definition) is 4. The maximum absolute atomic E-state index is 13.5. The Labute approximate surface area is 152 Å². The van der Waals surface area contributed by atoms with E-state index in [0.717, 1.165) is 6.07 Å². The lowest BCUT2D eigenvalue weighted by molar-refractivity contribution is 0.250. The molecule has 2 rings (SSSR count). The van der Waals surface area contributed by atoms with Crippen LogP contribution in [0.5, 0.6) is 5.75 Å². The fourth-order valence-corrected chi connectivity index (χ4v) is 2.12. The Kier molecular flexibility index (Phi) is 6.31. The lowest BCUT2D eigenvalue weighted by Gasteiger charge is -2.14. The van der Waals surface area contributed by atoms with E-state index in [0.29, 0.717) is 22.5 Å². The van der Waals surface area contributed by atoms with Crippen LogP contribution in [0.1, 0.15) is 0 Å². The van der Waals surface area contributed by atoms with Crippen molar-refractivity contribution in [1.29, 1.82) is 0 Å². The third-order valence-electron chi connectivity index (χ3n) is 2.88. The maximum Gasteiger partial charge on any atom is 0.338 e. The molecule has 0 spiro atoms. The van der Waals surface area contributed by atoms with Crippen LogP contribution in [0.4, 0.5) is 25.0 Å². The Morgan fingerprint density at radius 1 is 1.08 bits per heavy atom. The van der Waals surface area contributed by atoms with Crippen LogP contribution in [0.15, 0.2) is 36.4 Å². The van der Waals surface area contributed by atoms with Crippen molar-refractivity contribution >= 4 is 46.3 Å². The van der Waals surface area contributed by atoms with E-state index in [2.05, 4.69) is 21.5 Å². The minimum atomic E-state index is -0.822. The van der Waals surface area contributed by atoms with E-state index in [1.165, 1.54) is 19.2 Å². The van der Waals surface area contributed by atoms with Gasteiger partial charge in [0.25, 0.3) is 0 Å². The molecule has 0 aliphatic heterocycles. The standard InChI is InChI=1S/C15H13ClF2N4O2S/c1-24-13-5-2-8(16)6-12(13)19-14(23)21-22-15(25)20-11-4-3-9(17)7-10(11)18/h2-7H,1H3,(H2,19,21,23)(H2,20,22,25). The topological polar surface area (TPSA) is 74.4 Å². The molecule has 4 N–H and O–H groups in total. The Morgan fingerprint density at radius 3 is 2.52 bits per heavy atom. The average Bonchev–Trinajstić information content (AvgIpc) is 2.56. The van der Waals surface area contributed by atoms with Crippen LogP contribution in [-0.4, -0.2) is 18.3 Å². The second-order valence-corrected chi connectivity index (χ2v) is 5.47. The Bertz CT molecular complexity index is 807. The molecule has 0 fully saturated rings. The molecule has 2 aromatic carbocycles. The van der Waals surface area contributed by atoms with Gasteiger partial charge in [0.2, 0.25) is 0 Å². The molecule has 0 saturated carbocycles. The van der Waals surface area contributed by atoms with Crippen LogP contribution in [-0.2, 0) is 0 Å². The van der Waals surface area contributed by atoms with Crippen molar-refractivity contribution < 1.29 is 18.3 Å². The summed E-state index contributed by atoms with van der Waals surface area (Å²) in [5.74, 6) is -1.12. The molecule has 132 valence electrons. The van der Waals surface area contributed by atoms with Gasteiger partial charge < -0.3 is 15.4 Å². The summed E-state index contributed by atoms with van der Waals surface area (Å²) in [5.41, 5.74) is 4.92. The number of thiocarbonyl (C=S) groups is 1. The van der Waals surface area contributed by atoms with Gasteiger partial charge in [0, 0.05) is 11.1 Å². The molecule has 0 aliphatic carbocycles. The first-order valence-electron chi connectivity index (χ1n) is 6.81. The van der Waals surface area contributed by atoms with Gasteiger partial charge >= 0.3 is 6.03 Å². The van der Waals surface area contributed by atoms with E-state index >= 15 is 0 Å². The van der Waals surface area contributed by atoms with E-state index < -0.39 is 17.7 Å². The first kappa shape index (κ1) is 18.7. The lowest BCUT2D eigenvalue weighted by atomic mass is 10.3. The number of nitrogens with one attached hydrogen (secondary N) is 4. The smallest absolute Gasteiger partial charge is 0.338 e. The van der Waals surface area contributed by atoms with Crippen LogP contribution in [0, 0.1) is 11.6 Å². The molecule has 0 bridgehead atoms. The molecule has 0 saturated heterocycles. The fourth-order valence-electron chi connectivity index (χ4n) is 1.79. The molecule has 0 heterocycles. The van der Waals surface area contributed by atoms with Crippen molar-refractivity contribution in [3.63, 3.8) is 0 Å². The Hall–Kier alpha value is -2.65. The second-order valence-electron chi connectivity index (χ2n) is 4.63. The molecule has 10 heteroatoms. The number of hydrogen-bond acceptors (Lipinski definition) is 3. The number of methoxy groups -OCH3 is 1. The number of halogens is 3. The molecule has 0 radical (unpaired) electrons. The first-order valence-corrected chi connectivity index (χ1v) is 7.60. The van der Waals surface area contributed by atoms with Gasteiger partial charge in [0.15, 0.2) is 5.11 Å². The van der Waals surface area contributed by atoms with Gasteiger partial charge in [-0.15, -0.1) is 0 Å². The van der Waals surface area contributed by atoms with Gasteiger partial charge in [-0.05, 0) is 42.5 Å². The minimum absolute atomic E-state index is 0.0439. The van der Waals surface area contributed by atoms with Gasteiger partial charge in [0.05, 0.1) is 18.5 Å². The molecule has 0 unspecified atom stereocenters. The highest BCUT2D eigenvalue weighted by atomic mass is 35.5. The maximum atomic E-state index is 13.5. The van der Waals surface area contributed by atoms with Gasteiger partial charge in [-0.25, -0.2) is 19.0 Å². The van der Waals surface area contributed by atoms with Crippen LogP contribution in [0.25, 0.3) is 0 Å². The van der Waals surface area contributed by atoms with E-state index in [-0.39, 0.29) is 10.8 Å². The summed E-state index contributed by atoms with van der Waals surface area (Å²) < 4.78 is 31.4. The van der Waals surface area contributed by atoms with Crippen molar-refractivity contribution in [3.8, 4) is 5.75 Å². The normalized spacial score (nSPS) is 9.92. The predicted octanol–water partition coefficient (Wildman–Crippen LogP) is 3.65. The number of anilines is 2. The predicted molar refractivity (Wildman–Crippen MR) is 95.9 cm³/mol. The monoisotopic (exact) mass is 386 g/mol. The number of amides is 2.